The summed E-state index contributed by atoms with van der Waals surface area (Å²) in [4.78, 5) is 16.2. The van der Waals surface area contributed by atoms with E-state index in [0.717, 1.165) is 5.56 Å². The number of carbonyl (C=O) groups excluding carboxylic acids is 1. The van der Waals surface area contributed by atoms with E-state index in [2.05, 4.69) is 10.3 Å². The van der Waals surface area contributed by atoms with Crippen molar-refractivity contribution in [1.29, 1.82) is 0 Å². The number of aliphatic hydroxyl groups excluding tert-OH is 1. The highest BCUT2D eigenvalue weighted by atomic mass is 32.1. The Hall–Kier alpha value is -1.72. The highest BCUT2D eigenvalue weighted by Crippen LogP contribution is 2.07. The Morgan fingerprint density at radius 2 is 2.17 bits per heavy atom. The molecule has 0 fully saturated rings. The zero-order chi connectivity index (χ0) is 12.8. The molecule has 94 valence electrons. The fourth-order valence-corrected chi connectivity index (χ4v) is 2.17. The summed E-state index contributed by atoms with van der Waals surface area (Å²) in [6.45, 7) is -0.0839. The Morgan fingerprint density at radius 1 is 1.39 bits per heavy atom. The van der Waals surface area contributed by atoms with E-state index in [4.69, 9.17) is 0 Å². The van der Waals surface area contributed by atoms with Crippen LogP contribution in [0.15, 0.2) is 42.0 Å². The summed E-state index contributed by atoms with van der Waals surface area (Å²) in [5.41, 5.74) is 2.70. The summed E-state index contributed by atoms with van der Waals surface area (Å²) in [5, 5.41) is 12.1. The van der Waals surface area contributed by atoms with Gasteiger partial charge in [-0.15, -0.1) is 11.3 Å². The van der Waals surface area contributed by atoms with Crippen LogP contribution in [0, 0.1) is 0 Å². The van der Waals surface area contributed by atoms with Crippen LogP contribution < -0.4 is 5.32 Å². The SMILES string of the molecule is O=C(N[C@@H](CO)Cc1ccccc1)c1cncs1. The summed E-state index contributed by atoms with van der Waals surface area (Å²) in [6, 6.07) is 9.49. The molecule has 0 aliphatic carbocycles. The van der Waals surface area contributed by atoms with Gasteiger partial charge in [0, 0.05) is 0 Å². The third-order valence-corrected chi connectivity index (χ3v) is 3.31. The van der Waals surface area contributed by atoms with Crippen LogP contribution in [0.25, 0.3) is 0 Å². The van der Waals surface area contributed by atoms with Crippen LogP contribution in [0.2, 0.25) is 0 Å². The Kier molecular flexibility index (Phi) is 4.44. The fourth-order valence-electron chi connectivity index (χ4n) is 1.64. The van der Waals surface area contributed by atoms with Gasteiger partial charge in [0.05, 0.1) is 24.4 Å². The smallest absolute Gasteiger partial charge is 0.263 e. The second kappa shape index (κ2) is 6.28. The second-order valence-corrected chi connectivity index (χ2v) is 4.79. The van der Waals surface area contributed by atoms with Gasteiger partial charge in [-0.3, -0.25) is 9.78 Å². The van der Waals surface area contributed by atoms with Crippen molar-refractivity contribution in [3.63, 3.8) is 0 Å². The lowest BCUT2D eigenvalue weighted by molar-refractivity contribution is 0.0920. The summed E-state index contributed by atoms with van der Waals surface area (Å²) in [5.74, 6) is -0.188. The summed E-state index contributed by atoms with van der Waals surface area (Å²) >= 11 is 1.29. The summed E-state index contributed by atoms with van der Waals surface area (Å²) in [7, 11) is 0. The molecule has 0 radical (unpaired) electrons. The predicted molar refractivity (Wildman–Crippen MR) is 70.6 cm³/mol. The Balaban J connectivity index is 1.96. The maximum atomic E-state index is 11.8. The fraction of sp³-hybridized carbons (Fsp3) is 0.231. The molecular weight excluding hydrogens is 248 g/mol. The van der Waals surface area contributed by atoms with Crippen LogP contribution in [0.1, 0.15) is 15.2 Å². The van der Waals surface area contributed by atoms with Crippen LogP contribution >= 0.6 is 11.3 Å². The molecule has 1 amide bonds. The maximum absolute atomic E-state index is 11.8. The Morgan fingerprint density at radius 3 is 2.78 bits per heavy atom. The molecule has 0 unspecified atom stereocenters. The standard InChI is InChI=1S/C13H14N2O2S/c16-8-11(6-10-4-2-1-3-5-10)15-13(17)12-7-14-9-18-12/h1-5,7,9,11,16H,6,8H2,(H,15,17)/t11-/m1/s1. The van der Waals surface area contributed by atoms with Gasteiger partial charge < -0.3 is 10.4 Å². The molecule has 0 aliphatic rings. The second-order valence-electron chi connectivity index (χ2n) is 3.91. The molecule has 2 aromatic rings. The normalized spacial score (nSPS) is 12.1. The van der Waals surface area contributed by atoms with Crippen molar-refractivity contribution >= 4 is 17.2 Å². The number of aliphatic hydroxyl groups is 1. The molecule has 2 rings (SSSR count). The molecular formula is C13H14N2O2S. The number of nitrogens with zero attached hydrogens (tertiary/aromatic N) is 1. The predicted octanol–water partition coefficient (Wildman–Crippen LogP) is 1.48. The lowest BCUT2D eigenvalue weighted by Gasteiger charge is -2.15. The summed E-state index contributed by atoms with van der Waals surface area (Å²) < 4.78 is 0. The van der Waals surface area contributed by atoms with Crippen molar-refractivity contribution in [3.8, 4) is 0 Å². The number of hydrogen-bond acceptors (Lipinski definition) is 4. The topological polar surface area (TPSA) is 62.2 Å². The van der Waals surface area contributed by atoms with E-state index in [0.29, 0.717) is 11.3 Å². The van der Waals surface area contributed by atoms with Gasteiger partial charge in [0.2, 0.25) is 0 Å². The molecule has 1 aromatic heterocycles. The van der Waals surface area contributed by atoms with Crippen molar-refractivity contribution in [1.82, 2.24) is 10.3 Å². The minimum absolute atomic E-state index is 0.0839. The van der Waals surface area contributed by atoms with E-state index >= 15 is 0 Å². The van der Waals surface area contributed by atoms with Crippen molar-refractivity contribution < 1.29 is 9.90 Å². The Bertz CT molecular complexity index is 485. The van der Waals surface area contributed by atoms with Gasteiger partial charge in [-0.25, -0.2) is 0 Å². The van der Waals surface area contributed by atoms with Gasteiger partial charge in [-0.05, 0) is 12.0 Å². The van der Waals surface area contributed by atoms with E-state index in [1.807, 2.05) is 30.3 Å². The molecule has 0 saturated carbocycles. The van der Waals surface area contributed by atoms with Crippen LogP contribution in [-0.2, 0) is 6.42 Å². The lowest BCUT2D eigenvalue weighted by Crippen LogP contribution is -2.38. The van der Waals surface area contributed by atoms with Gasteiger partial charge in [-0.1, -0.05) is 30.3 Å². The zero-order valence-corrected chi connectivity index (χ0v) is 10.6. The van der Waals surface area contributed by atoms with E-state index < -0.39 is 0 Å². The lowest BCUT2D eigenvalue weighted by atomic mass is 10.1. The molecule has 1 atom stereocenters. The molecule has 0 saturated heterocycles. The number of rotatable bonds is 5. The van der Waals surface area contributed by atoms with Gasteiger partial charge in [0.15, 0.2) is 0 Å². The Labute approximate surface area is 109 Å². The molecule has 2 N–H and O–H groups in total. The third-order valence-electron chi connectivity index (χ3n) is 2.54. The number of amides is 1. The number of thiazole rings is 1. The minimum Gasteiger partial charge on any atom is -0.394 e. The van der Waals surface area contributed by atoms with Crippen molar-refractivity contribution in [2.75, 3.05) is 6.61 Å². The average Bonchev–Trinajstić information content (AvgIpc) is 2.93. The van der Waals surface area contributed by atoms with Crippen molar-refractivity contribution in [3.05, 3.63) is 52.5 Å². The molecule has 0 bridgehead atoms. The first-order valence-corrected chi connectivity index (χ1v) is 6.51. The number of aromatic nitrogens is 1. The quantitative estimate of drug-likeness (QED) is 0.858. The highest BCUT2D eigenvalue weighted by molar-refractivity contribution is 7.11. The van der Waals surface area contributed by atoms with Gasteiger partial charge in [0.25, 0.3) is 5.91 Å². The monoisotopic (exact) mass is 262 g/mol. The highest BCUT2D eigenvalue weighted by Gasteiger charge is 2.14. The first-order valence-electron chi connectivity index (χ1n) is 5.63. The zero-order valence-electron chi connectivity index (χ0n) is 9.74. The van der Waals surface area contributed by atoms with E-state index in [1.54, 1.807) is 5.51 Å². The van der Waals surface area contributed by atoms with Gasteiger partial charge >= 0.3 is 0 Å². The number of hydrogen-bond donors (Lipinski definition) is 2. The first-order chi connectivity index (χ1) is 8.79. The molecule has 4 nitrogen and oxygen atoms in total. The van der Waals surface area contributed by atoms with Gasteiger partial charge in [0.1, 0.15) is 4.88 Å². The van der Waals surface area contributed by atoms with Crippen molar-refractivity contribution in [2.45, 2.75) is 12.5 Å². The molecule has 5 heteroatoms. The third kappa shape index (κ3) is 3.38. The van der Waals surface area contributed by atoms with E-state index in [-0.39, 0.29) is 18.6 Å². The number of nitrogens with one attached hydrogen (secondary N) is 1. The molecule has 1 aromatic carbocycles. The molecule has 0 aliphatic heterocycles. The van der Waals surface area contributed by atoms with E-state index in [9.17, 15) is 9.90 Å². The van der Waals surface area contributed by atoms with Crippen molar-refractivity contribution in [2.24, 2.45) is 0 Å². The van der Waals surface area contributed by atoms with E-state index in [1.165, 1.54) is 17.5 Å². The van der Waals surface area contributed by atoms with Crippen LogP contribution in [0.4, 0.5) is 0 Å². The maximum Gasteiger partial charge on any atom is 0.263 e. The molecule has 1 heterocycles. The van der Waals surface area contributed by atoms with Crippen LogP contribution in [0.5, 0.6) is 0 Å². The molecule has 0 spiro atoms. The molecule has 18 heavy (non-hydrogen) atoms. The van der Waals surface area contributed by atoms with Crippen LogP contribution in [0.3, 0.4) is 0 Å². The first kappa shape index (κ1) is 12.7. The largest absolute Gasteiger partial charge is 0.394 e. The number of benzene rings is 1. The van der Waals surface area contributed by atoms with Gasteiger partial charge in [-0.2, -0.15) is 0 Å². The van der Waals surface area contributed by atoms with Crippen LogP contribution in [-0.4, -0.2) is 28.6 Å². The number of carbonyl (C=O) groups is 1. The summed E-state index contributed by atoms with van der Waals surface area (Å²) in [6.07, 6.45) is 2.14. The average molecular weight is 262 g/mol. The minimum atomic E-state index is -0.276.